The first-order valence-corrected chi connectivity index (χ1v) is 10.8. The van der Waals surface area contributed by atoms with Gasteiger partial charge in [-0.3, -0.25) is 9.47 Å². The van der Waals surface area contributed by atoms with Crippen LogP contribution in [0.25, 0.3) is 5.69 Å². The van der Waals surface area contributed by atoms with E-state index in [-0.39, 0.29) is 11.9 Å². The normalized spacial score (nSPS) is 16.1. The summed E-state index contributed by atoms with van der Waals surface area (Å²) in [5.41, 5.74) is 1.76. The van der Waals surface area contributed by atoms with Crippen molar-refractivity contribution < 1.29 is 4.39 Å². The highest BCUT2D eigenvalue weighted by Gasteiger charge is 2.26. The van der Waals surface area contributed by atoms with Crippen molar-refractivity contribution in [3.8, 4) is 5.69 Å². The van der Waals surface area contributed by atoms with Gasteiger partial charge in [0.2, 0.25) is 5.16 Å². The topological polar surface area (TPSA) is 59.7 Å². The van der Waals surface area contributed by atoms with E-state index in [1.165, 1.54) is 43.2 Å². The number of nitrogens with zero attached hydrogens (tertiary/aromatic N) is 6. The molecule has 4 rings (SSSR count). The van der Waals surface area contributed by atoms with E-state index >= 15 is 0 Å². The van der Waals surface area contributed by atoms with Gasteiger partial charge in [-0.1, -0.05) is 6.42 Å². The van der Waals surface area contributed by atoms with Crippen LogP contribution in [-0.2, 0) is 0 Å². The molecule has 0 amide bonds. The molecule has 0 spiro atoms. The highest BCUT2D eigenvalue weighted by Crippen LogP contribution is 2.32. The molecule has 0 radical (unpaired) electrons. The van der Waals surface area contributed by atoms with Gasteiger partial charge in [-0.25, -0.2) is 14.4 Å². The number of benzene rings is 1. The molecule has 29 heavy (non-hydrogen) atoms. The van der Waals surface area contributed by atoms with E-state index in [1.54, 1.807) is 12.1 Å². The van der Waals surface area contributed by atoms with Crippen molar-refractivity contribution in [2.24, 2.45) is 0 Å². The Balaban J connectivity index is 1.74. The number of likely N-dealkylation sites (tertiary alicyclic amines) is 1. The highest BCUT2D eigenvalue weighted by atomic mass is 32.2. The summed E-state index contributed by atoms with van der Waals surface area (Å²) in [6.07, 6.45) is 3.69. The Morgan fingerprint density at radius 2 is 1.72 bits per heavy atom. The van der Waals surface area contributed by atoms with Crippen molar-refractivity contribution in [3.05, 3.63) is 53.5 Å². The summed E-state index contributed by atoms with van der Waals surface area (Å²) >= 11 is 1.45. The fraction of sp³-hybridized carbons (Fsp3) is 0.429. The van der Waals surface area contributed by atoms with Crippen LogP contribution < -0.4 is 0 Å². The van der Waals surface area contributed by atoms with Gasteiger partial charge in [0.05, 0.1) is 6.04 Å². The molecule has 2 aromatic heterocycles. The first-order chi connectivity index (χ1) is 14.0. The molecule has 1 aromatic carbocycles. The zero-order valence-electron chi connectivity index (χ0n) is 17.0. The van der Waals surface area contributed by atoms with Gasteiger partial charge in [0, 0.05) is 11.4 Å². The number of aryl methyl sites for hydroxylation is 2. The molecule has 0 aliphatic carbocycles. The smallest absolute Gasteiger partial charge is 0.202 e. The number of piperidine rings is 1. The lowest BCUT2D eigenvalue weighted by atomic mass is 10.1. The van der Waals surface area contributed by atoms with E-state index < -0.39 is 0 Å². The lowest BCUT2D eigenvalue weighted by Gasteiger charge is -2.31. The number of rotatable bonds is 5. The van der Waals surface area contributed by atoms with Gasteiger partial charge in [-0.15, -0.1) is 10.2 Å². The number of hydrogen-bond donors (Lipinski definition) is 0. The standard InChI is InChI=1S/C21H25FN6S/c1-14-13-19(24-16(3)23-14)29-21-26-25-20(15(2)27-11-5-4-6-12-27)28(21)18-9-7-17(22)8-10-18/h7-10,13,15H,4-6,11-12H2,1-3H3. The van der Waals surface area contributed by atoms with Crippen LogP contribution in [-0.4, -0.2) is 42.7 Å². The Bertz CT molecular complexity index is 961. The second-order valence-corrected chi connectivity index (χ2v) is 8.41. The third-order valence-corrected chi connectivity index (χ3v) is 6.06. The lowest BCUT2D eigenvalue weighted by molar-refractivity contribution is 0.167. The van der Waals surface area contributed by atoms with Gasteiger partial charge in [0.25, 0.3) is 0 Å². The highest BCUT2D eigenvalue weighted by molar-refractivity contribution is 7.99. The van der Waals surface area contributed by atoms with Crippen molar-refractivity contribution in [2.75, 3.05) is 13.1 Å². The number of hydrogen-bond acceptors (Lipinski definition) is 6. The number of halogens is 1. The van der Waals surface area contributed by atoms with Crippen molar-refractivity contribution in [1.29, 1.82) is 0 Å². The van der Waals surface area contributed by atoms with Crippen molar-refractivity contribution >= 4 is 11.8 Å². The van der Waals surface area contributed by atoms with Gasteiger partial charge in [-0.2, -0.15) is 0 Å². The Morgan fingerprint density at radius 3 is 2.41 bits per heavy atom. The first-order valence-electron chi connectivity index (χ1n) is 9.97. The molecule has 1 atom stereocenters. The average molecular weight is 413 g/mol. The van der Waals surface area contributed by atoms with Crippen LogP contribution in [0.4, 0.5) is 4.39 Å². The van der Waals surface area contributed by atoms with E-state index in [0.29, 0.717) is 5.16 Å². The molecular formula is C21H25FN6S. The molecule has 1 fully saturated rings. The van der Waals surface area contributed by atoms with Crippen LogP contribution in [0.2, 0.25) is 0 Å². The van der Waals surface area contributed by atoms with E-state index in [0.717, 1.165) is 41.1 Å². The van der Waals surface area contributed by atoms with Crippen LogP contribution in [0.5, 0.6) is 0 Å². The predicted molar refractivity (Wildman–Crippen MR) is 111 cm³/mol. The van der Waals surface area contributed by atoms with Gasteiger partial charge in [0.15, 0.2) is 5.82 Å². The Labute approximate surface area is 174 Å². The third-order valence-electron chi connectivity index (χ3n) is 5.19. The Morgan fingerprint density at radius 1 is 1.00 bits per heavy atom. The van der Waals surface area contributed by atoms with Gasteiger partial charge >= 0.3 is 0 Å². The maximum Gasteiger partial charge on any atom is 0.202 e. The third kappa shape index (κ3) is 4.48. The first kappa shape index (κ1) is 20.0. The molecule has 6 nitrogen and oxygen atoms in total. The second kappa shape index (κ2) is 8.59. The summed E-state index contributed by atoms with van der Waals surface area (Å²) in [4.78, 5) is 11.3. The quantitative estimate of drug-likeness (QED) is 0.575. The van der Waals surface area contributed by atoms with Crippen LogP contribution in [0.1, 0.15) is 49.6 Å². The summed E-state index contributed by atoms with van der Waals surface area (Å²) < 4.78 is 15.6. The lowest BCUT2D eigenvalue weighted by Crippen LogP contribution is -2.33. The molecule has 152 valence electrons. The summed E-state index contributed by atoms with van der Waals surface area (Å²) in [6.45, 7) is 8.12. The van der Waals surface area contributed by atoms with Crippen LogP contribution in [0.15, 0.2) is 40.5 Å². The minimum absolute atomic E-state index is 0.121. The molecule has 3 aromatic rings. The maximum atomic E-state index is 13.5. The minimum atomic E-state index is -0.260. The molecular weight excluding hydrogens is 387 g/mol. The van der Waals surface area contributed by atoms with E-state index in [2.05, 4.69) is 32.0 Å². The summed E-state index contributed by atoms with van der Waals surface area (Å²) in [5.74, 6) is 1.33. The van der Waals surface area contributed by atoms with Crippen LogP contribution in [0, 0.1) is 19.7 Å². The van der Waals surface area contributed by atoms with E-state index in [9.17, 15) is 4.39 Å². The minimum Gasteiger partial charge on any atom is -0.294 e. The largest absolute Gasteiger partial charge is 0.294 e. The molecule has 1 saturated heterocycles. The Kier molecular flexibility index (Phi) is 5.91. The average Bonchev–Trinajstić information content (AvgIpc) is 3.11. The molecule has 3 heterocycles. The summed E-state index contributed by atoms with van der Waals surface area (Å²) in [5, 5.41) is 10.6. The van der Waals surface area contributed by atoms with Crippen LogP contribution >= 0.6 is 11.8 Å². The molecule has 1 aliphatic heterocycles. The molecule has 0 bridgehead atoms. The molecule has 8 heteroatoms. The van der Waals surface area contributed by atoms with Gasteiger partial charge in [0.1, 0.15) is 16.7 Å². The summed E-state index contributed by atoms with van der Waals surface area (Å²) in [6, 6.07) is 8.54. The van der Waals surface area contributed by atoms with Crippen LogP contribution in [0.3, 0.4) is 0 Å². The van der Waals surface area contributed by atoms with E-state index in [4.69, 9.17) is 0 Å². The SMILES string of the molecule is Cc1cc(Sc2nnc(C(C)N3CCCCC3)n2-c2ccc(F)cc2)nc(C)n1. The zero-order valence-corrected chi connectivity index (χ0v) is 17.8. The fourth-order valence-electron chi connectivity index (χ4n) is 3.75. The molecule has 0 N–H and O–H groups in total. The van der Waals surface area contributed by atoms with Crippen molar-refractivity contribution in [1.82, 2.24) is 29.6 Å². The van der Waals surface area contributed by atoms with Gasteiger partial charge in [-0.05, 0) is 88.8 Å². The number of aromatic nitrogens is 5. The predicted octanol–water partition coefficient (Wildman–Crippen LogP) is 4.51. The zero-order chi connectivity index (χ0) is 20.4. The van der Waals surface area contributed by atoms with Crippen molar-refractivity contribution in [2.45, 2.75) is 56.3 Å². The van der Waals surface area contributed by atoms with Gasteiger partial charge < -0.3 is 0 Å². The Hall–Kier alpha value is -2.32. The summed E-state index contributed by atoms with van der Waals surface area (Å²) in [7, 11) is 0. The molecule has 1 aliphatic rings. The van der Waals surface area contributed by atoms with Crippen molar-refractivity contribution in [3.63, 3.8) is 0 Å². The monoisotopic (exact) mass is 412 g/mol. The molecule has 1 unspecified atom stereocenters. The maximum absolute atomic E-state index is 13.5. The second-order valence-electron chi connectivity index (χ2n) is 7.42. The van der Waals surface area contributed by atoms with E-state index in [1.807, 2.05) is 24.5 Å². The molecule has 0 saturated carbocycles. The fourth-order valence-corrected chi connectivity index (χ4v) is 4.71.